The van der Waals surface area contributed by atoms with Gasteiger partial charge >= 0.3 is 0 Å². The molecule has 0 heterocycles. The summed E-state index contributed by atoms with van der Waals surface area (Å²) < 4.78 is 27.9. The number of halogens is 1. The lowest BCUT2D eigenvalue weighted by molar-refractivity contribution is 0.0954. The molecule has 31 heavy (non-hydrogen) atoms. The van der Waals surface area contributed by atoms with Crippen molar-refractivity contribution in [3.63, 3.8) is 0 Å². The summed E-state index contributed by atoms with van der Waals surface area (Å²) in [7, 11) is -3.87. The van der Waals surface area contributed by atoms with Crippen LogP contribution in [0.3, 0.4) is 0 Å². The number of benzene rings is 3. The van der Waals surface area contributed by atoms with Gasteiger partial charge in [0.05, 0.1) is 10.6 Å². The Morgan fingerprint density at radius 1 is 0.935 bits per heavy atom. The standard InChI is InChI=1S/C23H20ClN3O3S/c24-18-11-13-19(14-12-18)27-31(29,30)20-8-3-7-17(15-20)23(28)26-25-22-10-4-6-16-5-1-2-9-21(16)22/h1-3,5,7-9,11-15,27H,4,6,10H2,(H,26,28)/b25-22-. The Balaban J connectivity index is 1.52. The maximum absolute atomic E-state index is 12.7. The second-order valence-electron chi connectivity index (χ2n) is 7.15. The monoisotopic (exact) mass is 453 g/mol. The van der Waals surface area contributed by atoms with Crippen LogP contribution in [-0.2, 0) is 16.4 Å². The third-order valence-electron chi connectivity index (χ3n) is 4.98. The zero-order valence-electron chi connectivity index (χ0n) is 16.5. The van der Waals surface area contributed by atoms with Crippen LogP contribution in [0.2, 0.25) is 5.02 Å². The lowest BCUT2D eigenvalue weighted by Crippen LogP contribution is -2.22. The molecule has 0 unspecified atom stereocenters. The van der Waals surface area contributed by atoms with Gasteiger partial charge in [0, 0.05) is 21.8 Å². The summed E-state index contributed by atoms with van der Waals surface area (Å²) in [6.45, 7) is 0. The van der Waals surface area contributed by atoms with Crippen LogP contribution in [0.1, 0.15) is 34.3 Å². The Kier molecular flexibility index (Phi) is 6.06. The normalized spacial score (nSPS) is 14.7. The molecule has 0 atom stereocenters. The van der Waals surface area contributed by atoms with Crippen molar-refractivity contribution >= 4 is 38.9 Å². The molecule has 2 N–H and O–H groups in total. The lowest BCUT2D eigenvalue weighted by atomic mass is 9.90. The molecule has 0 bridgehead atoms. The Morgan fingerprint density at radius 3 is 2.52 bits per heavy atom. The summed E-state index contributed by atoms with van der Waals surface area (Å²) in [5, 5.41) is 4.81. The average Bonchev–Trinajstić information content (AvgIpc) is 2.79. The number of nitrogens with one attached hydrogen (secondary N) is 2. The Morgan fingerprint density at radius 2 is 1.71 bits per heavy atom. The fraction of sp³-hybridized carbons (Fsp3) is 0.130. The number of hydrazone groups is 1. The second-order valence-corrected chi connectivity index (χ2v) is 9.27. The number of fused-ring (bicyclic) bond motifs is 1. The van der Waals surface area contributed by atoms with E-state index in [1.807, 2.05) is 18.2 Å². The van der Waals surface area contributed by atoms with Crippen molar-refractivity contribution in [3.05, 3.63) is 94.5 Å². The van der Waals surface area contributed by atoms with Crippen molar-refractivity contribution in [1.82, 2.24) is 5.43 Å². The van der Waals surface area contributed by atoms with E-state index in [1.54, 1.807) is 30.3 Å². The van der Waals surface area contributed by atoms with E-state index < -0.39 is 15.9 Å². The van der Waals surface area contributed by atoms with E-state index in [9.17, 15) is 13.2 Å². The van der Waals surface area contributed by atoms with Crippen LogP contribution in [0.5, 0.6) is 0 Å². The van der Waals surface area contributed by atoms with Crippen LogP contribution in [0.25, 0.3) is 0 Å². The highest BCUT2D eigenvalue weighted by atomic mass is 35.5. The quantitative estimate of drug-likeness (QED) is 0.553. The first-order valence-corrected chi connectivity index (χ1v) is 11.6. The predicted molar refractivity (Wildman–Crippen MR) is 122 cm³/mol. The fourth-order valence-corrected chi connectivity index (χ4v) is 4.67. The molecule has 4 rings (SSSR count). The van der Waals surface area contributed by atoms with Crippen molar-refractivity contribution in [2.45, 2.75) is 24.2 Å². The number of carbonyl (C=O) groups is 1. The number of sulfonamides is 1. The molecule has 158 valence electrons. The maximum atomic E-state index is 12.7. The minimum atomic E-state index is -3.87. The molecule has 0 aromatic heterocycles. The van der Waals surface area contributed by atoms with Crippen molar-refractivity contribution in [2.24, 2.45) is 5.10 Å². The summed E-state index contributed by atoms with van der Waals surface area (Å²) >= 11 is 5.84. The van der Waals surface area contributed by atoms with Crippen molar-refractivity contribution in [1.29, 1.82) is 0 Å². The molecule has 1 aliphatic carbocycles. The van der Waals surface area contributed by atoms with E-state index in [0.29, 0.717) is 10.7 Å². The molecule has 1 amide bonds. The van der Waals surface area contributed by atoms with Crippen LogP contribution in [-0.4, -0.2) is 20.0 Å². The molecule has 0 radical (unpaired) electrons. The van der Waals surface area contributed by atoms with E-state index in [1.165, 1.54) is 23.8 Å². The molecule has 8 heteroatoms. The van der Waals surface area contributed by atoms with Gasteiger partial charge in [-0.05, 0) is 67.3 Å². The molecule has 1 aliphatic rings. The molecule has 6 nitrogen and oxygen atoms in total. The highest BCUT2D eigenvalue weighted by molar-refractivity contribution is 7.92. The summed E-state index contributed by atoms with van der Waals surface area (Å²) in [6, 6.07) is 20.1. The largest absolute Gasteiger partial charge is 0.280 e. The molecule has 0 saturated heterocycles. The number of amides is 1. The molecule has 3 aromatic carbocycles. The van der Waals surface area contributed by atoms with Crippen molar-refractivity contribution < 1.29 is 13.2 Å². The Bertz CT molecular complexity index is 1260. The van der Waals surface area contributed by atoms with Gasteiger partial charge in [-0.15, -0.1) is 0 Å². The van der Waals surface area contributed by atoms with E-state index in [4.69, 9.17) is 11.6 Å². The maximum Gasteiger partial charge on any atom is 0.271 e. The van der Waals surface area contributed by atoms with Gasteiger partial charge in [-0.3, -0.25) is 9.52 Å². The van der Waals surface area contributed by atoms with E-state index in [2.05, 4.69) is 21.3 Å². The minimum Gasteiger partial charge on any atom is -0.280 e. The first kappa shape index (κ1) is 21.1. The van der Waals surface area contributed by atoms with Crippen molar-refractivity contribution in [2.75, 3.05) is 4.72 Å². The van der Waals surface area contributed by atoms with Gasteiger partial charge in [-0.2, -0.15) is 5.10 Å². The first-order chi connectivity index (χ1) is 14.9. The van der Waals surface area contributed by atoms with Crippen LogP contribution in [0, 0.1) is 0 Å². The molecule has 3 aromatic rings. The van der Waals surface area contributed by atoms with E-state index in [0.717, 1.165) is 30.5 Å². The lowest BCUT2D eigenvalue weighted by Gasteiger charge is -2.17. The van der Waals surface area contributed by atoms with Crippen LogP contribution in [0.15, 0.2) is 82.8 Å². The van der Waals surface area contributed by atoms with Crippen LogP contribution < -0.4 is 10.1 Å². The number of nitrogens with zero attached hydrogens (tertiary/aromatic N) is 1. The molecular formula is C23H20ClN3O3S. The topological polar surface area (TPSA) is 87.6 Å². The molecule has 0 spiro atoms. The Labute approximate surface area is 186 Å². The predicted octanol–water partition coefficient (Wildman–Crippen LogP) is 4.61. The smallest absolute Gasteiger partial charge is 0.271 e. The van der Waals surface area contributed by atoms with Gasteiger partial charge < -0.3 is 0 Å². The average molecular weight is 454 g/mol. The molecular weight excluding hydrogens is 434 g/mol. The molecule has 0 fully saturated rings. The highest BCUT2D eigenvalue weighted by Crippen LogP contribution is 2.22. The number of aryl methyl sites for hydroxylation is 1. The van der Waals surface area contributed by atoms with Gasteiger partial charge in [0.2, 0.25) is 0 Å². The number of hydrogen-bond acceptors (Lipinski definition) is 4. The number of hydrogen-bond donors (Lipinski definition) is 2. The summed E-state index contributed by atoms with van der Waals surface area (Å²) in [4.78, 5) is 12.6. The molecule has 0 saturated carbocycles. The zero-order valence-corrected chi connectivity index (χ0v) is 18.1. The third-order valence-corrected chi connectivity index (χ3v) is 6.61. The van der Waals surface area contributed by atoms with Crippen LogP contribution >= 0.6 is 11.6 Å². The summed E-state index contributed by atoms with van der Waals surface area (Å²) in [5.74, 6) is -0.473. The van der Waals surface area contributed by atoms with Gasteiger partial charge in [0.1, 0.15) is 0 Å². The summed E-state index contributed by atoms with van der Waals surface area (Å²) in [5.41, 5.74) is 6.21. The number of carbonyl (C=O) groups excluding carboxylic acids is 1. The van der Waals surface area contributed by atoms with Gasteiger partial charge in [0.25, 0.3) is 15.9 Å². The second kappa shape index (κ2) is 8.91. The Hall–Kier alpha value is -3.16. The first-order valence-electron chi connectivity index (χ1n) is 9.76. The van der Waals surface area contributed by atoms with Gasteiger partial charge in [0.15, 0.2) is 0 Å². The molecule has 0 aliphatic heterocycles. The van der Waals surface area contributed by atoms with E-state index >= 15 is 0 Å². The SMILES string of the molecule is O=C(N/N=C1/CCCc2ccccc21)c1cccc(S(=O)(=O)Nc2ccc(Cl)cc2)c1. The highest BCUT2D eigenvalue weighted by Gasteiger charge is 2.18. The zero-order chi connectivity index (χ0) is 21.8. The minimum absolute atomic E-state index is 0.0224. The number of anilines is 1. The number of rotatable bonds is 5. The van der Waals surface area contributed by atoms with E-state index in [-0.39, 0.29) is 10.5 Å². The summed E-state index contributed by atoms with van der Waals surface area (Å²) in [6.07, 6.45) is 2.73. The van der Waals surface area contributed by atoms with Gasteiger partial charge in [-0.1, -0.05) is 41.9 Å². The van der Waals surface area contributed by atoms with Crippen LogP contribution in [0.4, 0.5) is 5.69 Å². The van der Waals surface area contributed by atoms with Gasteiger partial charge in [-0.25, -0.2) is 13.8 Å². The fourth-order valence-electron chi connectivity index (χ4n) is 3.44. The van der Waals surface area contributed by atoms with Crippen molar-refractivity contribution in [3.8, 4) is 0 Å². The third kappa shape index (κ3) is 4.95.